The lowest BCUT2D eigenvalue weighted by atomic mass is 10.4. The standard InChI is InChI=1S/C11H14ClN5O2/c12-9-1-2-10-14-16(11(18)17(10)13-9)4-3-15-5-7-19-8-6-15/h1-2H,3-8H2. The summed E-state index contributed by atoms with van der Waals surface area (Å²) >= 11 is 5.77. The molecule has 3 heterocycles. The number of hydrogen-bond donors (Lipinski definition) is 0. The first-order valence-corrected chi connectivity index (χ1v) is 6.54. The number of nitrogens with zero attached hydrogens (tertiary/aromatic N) is 5. The Morgan fingerprint density at radius 3 is 2.79 bits per heavy atom. The summed E-state index contributed by atoms with van der Waals surface area (Å²) in [6.45, 7) is 4.60. The van der Waals surface area contributed by atoms with Crippen molar-refractivity contribution in [2.24, 2.45) is 0 Å². The zero-order valence-corrected chi connectivity index (χ0v) is 11.1. The number of fused-ring (bicyclic) bond motifs is 1. The van der Waals surface area contributed by atoms with Crippen molar-refractivity contribution in [2.75, 3.05) is 32.8 Å². The predicted molar refractivity (Wildman–Crippen MR) is 69.5 cm³/mol. The molecule has 7 nitrogen and oxygen atoms in total. The Morgan fingerprint density at radius 1 is 1.21 bits per heavy atom. The molecule has 0 bridgehead atoms. The minimum atomic E-state index is -0.259. The maximum Gasteiger partial charge on any atom is 0.367 e. The normalized spacial score (nSPS) is 17.1. The van der Waals surface area contributed by atoms with Crippen molar-refractivity contribution in [3.63, 3.8) is 0 Å². The zero-order chi connectivity index (χ0) is 13.2. The third-order valence-electron chi connectivity index (χ3n) is 3.14. The van der Waals surface area contributed by atoms with Crippen molar-refractivity contribution in [1.82, 2.24) is 24.3 Å². The number of halogens is 1. The number of morpholine rings is 1. The van der Waals surface area contributed by atoms with Crippen molar-refractivity contribution in [2.45, 2.75) is 6.54 Å². The molecular formula is C11H14ClN5O2. The molecular weight excluding hydrogens is 270 g/mol. The first kappa shape index (κ1) is 12.6. The smallest absolute Gasteiger partial charge is 0.367 e. The minimum absolute atomic E-state index is 0.259. The Labute approximate surface area is 114 Å². The Bertz CT molecular complexity index is 632. The van der Waals surface area contributed by atoms with E-state index in [2.05, 4.69) is 15.1 Å². The molecule has 0 aromatic carbocycles. The van der Waals surface area contributed by atoms with Crippen LogP contribution in [0.5, 0.6) is 0 Å². The van der Waals surface area contributed by atoms with Crippen LogP contribution in [0.3, 0.4) is 0 Å². The molecule has 0 N–H and O–H groups in total. The average Bonchev–Trinajstić information content (AvgIpc) is 2.74. The van der Waals surface area contributed by atoms with Gasteiger partial charge in [-0.2, -0.15) is 4.52 Å². The molecule has 2 aromatic rings. The van der Waals surface area contributed by atoms with Crippen molar-refractivity contribution in [3.05, 3.63) is 27.8 Å². The lowest BCUT2D eigenvalue weighted by molar-refractivity contribution is 0.0358. The molecule has 0 radical (unpaired) electrons. The van der Waals surface area contributed by atoms with E-state index in [9.17, 15) is 4.79 Å². The maximum absolute atomic E-state index is 12.1. The summed E-state index contributed by atoms with van der Waals surface area (Å²) in [5.41, 5.74) is 0.252. The monoisotopic (exact) mass is 283 g/mol. The van der Waals surface area contributed by atoms with E-state index in [1.165, 1.54) is 9.20 Å². The lowest BCUT2D eigenvalue weighted by Crippen LogP contribution is -2.39. The van der Waals surface area contributed by atoms with Crippen molar-refractivity contribution in [3.8, 4) is 0 Å². The molecule has 0 amide bonds. The number of hydrogen-bond acceptors (Lipinski definition) is 5. The highest BCUT2D eigenvalue weighted by Crippen LogP contribution is 2.03. The van der Waals surface area contributed by atoms with Gasteiger partial charge in [0.1, 0.15) is 5.15 Å². The Hall–Kier alpha value is -1.44. The fourth-order valence-corrected chi connectivity index (χ4v) is 2.23. The molecule has 1 saturated heterocycles. The van der Waals surface area contributed by atoms with Crippen LogP contribution in [0, 0.1) is 0 Å². The van der Waals surface area contributed by atoms with E-state index in [4.69, 9.17) is 16.3 Å². The molecule has 19 heavy (non-hydrogen) atoms. The molecule has 0 saturated carbocycles. The molecule has 0 unspecified atom stereocenters. The van der Waals surface area contributed by atoms with E-state index in [-0.39, 0.29) is 10.8 Å². The highest BCUT2D eigenvalue weighted by molar-refractivity contribution is 6.29. The summed E-state index contributed by atoms with van der Waals surface area (Å²) in [6.07, 6.45) is 0. The molecule has 8 heteroatoms. The van der Waals surface area contributed by atoms with Gasteiger partial charge in [0.05, 0.1) is 19.8 Å². The van der Waals surface area contributed by atoms with Crippen LogP contribution in [0.15, 0.2) is 16.9 Å². The van der Waals surface area contributed by atoms with E-state index in [0.29, 0.717) is 12.2 Å². The van der Waals surface area contributed by atoms with Crippen LogP contribution < -0.4 is 5.69 Å². The molecule has 0 spiro atoms. The highest BCUT2D eigenvalue weighted by atomic mass is 35.5. The van der Waals surface area contributed by atoms with E-state index in [1.807, 2.05) is 0 Å². The molecule has 1 aliphatic heterocycles. The highest BCUT2D eigenvalue weighted by Gasteiger charge is 2.12. The van der Waals surface area contributed by atoms with Crippen LogP contribution in [0.4, 0.5) is 0 Å². The van der Waals surface area contributed by atoms with E-state index >= 15 is 0 Å². The minimum Gasteiger partial charge on any atom is -0.379 e. The second-order valence-corrected chi connectivity index (χ2v) is 4.77. The largest absolute Gasteiger partial charge is 0.379 e. The SMILES string of the molecule is O=c1n(CCN2CCOCC2)nc2ccc(Cl)nn12. The van der Waals surface area contributed by atoms with Crippen LogP contribution in [-0.4, -0.2) is 57.1 Å². The molecule has 102 valence electrons. The van der Waals surface area contributed by atoms with E-state index < -0.39 is 0 Å². The molecule has 1 fully saturated rings. The third-order valence-corrected chi connectivity index (χ3v) is 3.34. The van der Waals surface area contributed by atoms with Crippen molar-refractivity contribution < 1.29 is 4.74 Å². The number of rotatable bonds is 3. The van der Waals surface area contributed by atoms with Gasteiger partial charge >= 0.3 is 5.69 Å². The number of aromatic nitrogens is 4. The topological polar surface area (TPSA) is 64.7 Å². The van der Waals surface area contributed by atoms with Crippen LogP contribution in [0.1, 0.15) is 0 Å². The van der Waals surface area contributed by atoms with Crippen LogP contribution in [-0.2, 0) is 11.3 Å². The van der Waals surface area contributed by atoms with Crippen LogP contribution >= 0.6 is 11.6 Å². The lowest BCUT2D eigenvalue weighted by Gasteiger charge is -2.26. The van der Waals surface area contributed by atoms with Crippen LogP contribution in [0.25, 0.3) is 5.65 Å². The van der Waals surface area contributed by atoms with Crippen LogP contribution in [0.2, 0.25) is 5.15 Å². The zero-order valence-electron chi connectivity index (χ0n) is 10.3. The summed E-state index contributed by atoms with van der Waals surface area (Å²) in [5.74, 6) is 0. The van der Waals surface area contributed by atoms with Crippen molar-refractivity contribution >= 4 is 17.2 Å². The van der Waals surface area contributed by atoms with Gasteiger partial charge < -0.3 is 4.74 Å². The fourth-order valence-electron chi connectivity index (χ4n) is 2.09. The van der Waals surface area contributed by atoms with Crippen molar-refractivity contribution in [1.29, 1.82) is 0 Å². The molecule has 2 aromatic heterocycles. The van der Waals surface area contributed by atoms with Gasteiger partial charge in [0, 0.05) is 19.6 Å². The maximum atomic E-state index is 12.1. The first-order chi connectivity index (χ1) is 9.24. The van der Waals surface area contributed by atoms with Gasteiger partial charge in [-0.1, -0.05) is 11.6 Å². The summed E-state index contributed by atoms with van der Waals surface area (Å²) < 4.78 is 7.93. The van der Waals surface area contributed by atoms with Gasteiger partial charge in [-0.15, -0.1) is 10.2 Å². The van der Waals surface area contributed by atoms with Gasteiger partial charge in [-0.3, -0.25) is 4.90 Å². The Balaban J connectivity index is 1.77. The van der Waals surface area contributed by atoms with Gasteiger partial charge in [0.25, 0.3) is 0 Å². The van der Waals surface area contributed by atoms with Gasteiger partial charge in [0.2, 0.25) is 0 Å². The summed E-state index contributed by atoms with van der Waals surface area (Å²) in [4.78, 5) is 14.3. The second-order valence-electron chi connectivity index (χ2n) is 4.39. The quantitative estimate of drug-likeness (QED) is 0.786. The summed E-state index contributed by atoms with van der Waals surface area (Å²) in [7, 11) is 0. The Morgan fingerprint density at radius 2 is 2.00 bits per heavy atom. The predicted octanol–water partition coefficient (Wildman–Crippen LogP) is -0.123. The number of ether oxygens (including phenoxy) is 1. The summed E-state index contributed by atoms with van der Waals surface area (Å²) in [6, 6.07) is 3.30. The van der Waals surface area contributed by atoms with Gasteiger partial charge in [0.15, 0.2) is 5.65 Å². The average molecular weight is 284 g/mol. The third kappa shape index (κ3) is 2.63. The second kappa shape index (κ2) is 5.28. The Kier molecular flexibility index (Phi) is 3.50. The molecule has 3 rings (SSSR count). The molecule has 1 aliphatic rings. The first-order valence-electron chi connectivity index (χ1n) is 6.16. The molecule has 0 atom stereocenters. The fraction of sp³-hybridized carbons (Fsp3) is 0.545. The van der Waals surface area contributed by atoms with E-state index in [0.717, 1.165) is 32.8 Å². The van der Waals surface area contributed by atoms with Gasteiger partial charge in [-0.25, -0.2) is 9.48 Å². The van der Waals surface area contributed by atoms with E-state index in [1.54, 1.807) is 12.1 Å². The summed E-state index contributed by atoms with van der Waals surface area (Å²) in [5, 5.41) is 8.45. The molecule has 0 aliphatic carbocycles. The van der Waals surface area contributed by atoms with Gasteiger partial charge in [-0.05, 0) is 12.1 Å².